The first-order chi connectivity index (χ1) is 7.32. The van der Waals surface area contributed by atoms with Gasteiger partial charge in [0.25, 0.3) is 0 Å². The lowest BCUT2D eigenvalue weighted by Gasteiger charge is -2.41. The minimum absolute atomic E-state index is 0.0128. The molecule has 0 heterocycles. The molecule has 94 valence electrons. The normalized spacial score (nSPS) is 28.6. The number of hydrogen-bond acceptors (Lipinski definition) is 2. The van der Waals surface area contributed by atoms with Crippen LogP contribution in [0.3, 0.4) is 0 Å². The zero-order valence-electron chi connectivity index (χ0n) is 11.0. The maximum atomic E-state index is 11.6. The van der Waals surface area contributed by atoms with Crippen LogP contribution in [0.1, 0.15) is 53.4 Å². The number of hydrogen-bond donors (Lipinski definition) is 2. The molecule has 1 rings (SSSR count). The molecule has 1 fully saturated rings. The summed E-state index contributed by atoms with van der Waals surface area (Å²) in [5, 5.41) is 3.11. The summed E-state index contributed by atoms with van der Waals surface area (Å²) in [6, 6.07) is -0.0882. The van der Waals surface area contributed by atoms with Crippen LogP contribution in [-0.2, 0) is 4.79 Å². The second-order valence-electron chi connectivity index (χ2n) is 6.16. The molecule has 1 amide bonds. The van der Waals surface area contributed by atoms with E-state index < -0.39 is 6.04 Å². The molecule has 16 heavy (non-hydrogen) atoms. The lowest BCUT2D eigenvalue weighted by Crippen LogP contribution is -2.50. The van der Waals surface area contributed by atoms with E-state index in [1.165, 1.54) is 19.3 Å². The number of carbonyl (C=O) groups is 1. The van der Waals surface area contributed by atoms with E-state index in [1.807, 2.05) is 0 Å². The SMILES string of the molecule is C[C@@H](N)C(=O)NC1CCCCC1C(C)(C)C. The van der Waals surface area contributed by atoms with Crippen LogP contribution in [0.25, 0.3) is 0 Å². The monoisotopic (exact) mass is 226 g/mol. The van der Waals surface area contributed by atoms with E-state index in [1.54, 1.807) is 6.92 Å². The number of carbonyl (C=O) groups excluding carboxylic acids is 1. The maximum absolute atomic E-state index is 11.6. The minimum atomic E-state index is -0.400. The predicted octanol–water partition coefficient (Wildman–Crippen LogP) is 2.05. The molecular formula is C13H26N2O. The second kappa shape index (κ2) is 5.17. The fourth-order valence-electron chi connectivity index (χ4n) is 2.65. The largest absolute Gasteiger partial charge is 0.352 e. The van der Waals surface area contributed by atoms with Crippen LogP contribution in [-0.4, -0.2) is 18.0 Å². The molecule has 3 N–H and O–H groups in total. The molecule has 0 bridgehead atoms. The predicted molar refractivity (Wildman–Crippen MR) is 67.0 cm³/mol. The standard InChI is InChI=1S/C13H26N2O/c1-9(14)12(16)15-11-8-6-5-7-10(11)13(2,3)4/h9-11H,5-8,14H2,1-4H3,(H,15,16)/t9-,10?,11?/m1/s1. The fraction of sp³-hybridized carbons (Fsp3) is 0.923. The van der Waals surface area contributed by atoms with Crippen molar-refractivity contribution in [2.24, 2.45) is 17.1 Å². The van der Waals surface area contributed by atoms with Crippen LogP contribution in [0, 0.1) is 11.3 Å². The highest BCUT2D eigenvalue weighted by Gasteiger charge is 2.35. The number of nitrogens with two attached hydrogens (primary N) is 1. The van der Waals surface area contributed by atoms with Gasteiger partial charge in [0.2, 0.25) is 5.91 Å². The van der Waals surface area contributed by atoms with Crippen molar-refractivity contribution in [1.29, 1.82) is 0 Å². The summed E-state index contributed by atoms with van der Waals surface area (Å²) in [5.74, 6) is 0.560. The van der Waals surface area contributed by atoms with Crippen molar-refractivity contribution in [3.8, 4) is 0 Å². The fourth-order valence-corrected chi connectivity index (χ4v) is 2.65. The van der Waals surface area contributed by atoms with Crippen molar-refractivity contribution in [3.05, 3.63) is 0 Å². The van der Waals surface area contributed by atoms with Crippen molar-refractivity contribution in [1.82, 2.24) is 5.32 Å². The number of nitrogens with one attached hydrogen (secondary N) is 1. The van der Waals surface area contributed by atoms with Gasteiger partial charge in [-0.3, -0.25) is 4.79 Å². The average molecular weight is 226 g/mol. The van der Waals surface area contributed by atoms with Crippen molar-refractivity contribution in [2.45, 2.75) is 65.5 Å². The summed E-state index contributed by atoms with van der Waals surface area (Å²) in [6.45, 7) is 8.51. The molecule has 0 saturated heterocycles. The van der Waals surface area contributed by atoms with Crippen molar-refractivity contribution in [3.63, 3.8) is 0 Å². The summed E-state index contributed by atoms with van der Waals surface area (Å²) in [7, 11) is 0. The van der Waals surface area contributed by atoms with Gasteiger partial charge >= 0.3 is 0 Å². The molecule has 1 saturated carbocycles. The smallest absolute Gasteiger partial charge is 0.236 e. The molecule has 3 heteroatoms. The first-order valence-corrected chi connectivity index (χ1v) is 6.38. The Labute approximate surface area is 99.2 Å². The lowest BCUT2D eigenvalue weighted by molar-refractivity contribution is -0.123. The Morgan fingerprint density at radius 3 is 2.38 bits per heavy atom. The molecule has 0 radical (unpaired) electrons. The van der Waals surface area contributed by atoms with Crippen molar-refractivity contribution < 1.29 is 4.79 Å². The van der Waals surface area contributed by atoms with E-state index in [0.717, 1.165) is 6.42 Å². The Morgan fingerprint density at radius 2 is 1.88 bits per heavy atom. The number of amides is 1. The Bertz CT molecular complexity index is 243. The molecular weight excluding hydrogens is 200 g/mol. The zero-order valence-corrected chi connectivity index (χ0v) is 11.0. The third-order valence-corrected chi connectivity index (χ3v) is 3.62. The highest BCUT2D eigenvalue weighted by Crippen LogP contribution is 2.37. The summed E-state index contributed by atoms with van der Waals surface area (Å²) in [5.41, 5.74) is 5.86. The van der Waals surface area contributed by atoms with E-state index in [9.17, 15) is 4.79 Å². The summed E-state index contributed by atoms with van der Waals surface area (Å²) in [4.78, 5) is 11.6. The van der Waals surface area contributed by atoms with Gasteiger partial charge in [-0.05, 0) is 31.1 Å². The topological polar surface area (TPSA) is 55.1 Å². The molecule has 0 aromatic heterocycles. The van der Waals surface area contributed by atoms with Gasteiger partial charge in [-0.2, -0.15) is 0 Å². The Kier molecular flexibility index (Phi) is 4.36. The third-order valence-electron chi connectivity index (χ3n) is 3.62. The van der Waals surface area contributed by atoms with Gasteiger partial charge < -0.3 is 11.1 Å². The molecule has 0 spiro atoms. The molecule has 2 unspecified atom stereocenters. The van der Waals surface area contributed by atoms with Gasteiger partial charge in [0.15, 0.2) is 0 Å². The van der Waals surface area contributed by atoms with E-state index >= 15 is 0 Å². The maximum Gasteiger partial charge on any atom is 0.236 e. The number of rotatable bonds is 2. The van der Waals surface area contributed by atoms with Crippen LogP contribution in [0.4, 0.5) is 0 Å². The summed E-state index contributed by atoms with van der Waals surface area (Å²) in [6.07, 6.45) is 4.82. The quantitative estimate of drug-likeness (QED) is 0.757. The molecule has 3 atom stereocenters. The minimum Gasteiger partial charge on any atom is -0.352 e. The van der Waals surface area contributed by atoms with E-state index in [-0.39, 0.29) is 11.3 Å². The lowest BCUT2D eigenvalue weighted by atomic mass is 9.69. The van der Waals surface area contributed by atoms with Gasteiger partial charge in [0.05, 0.1) is 6.04 Å². The highest BCUT2D eigenvalue weighted by atomic mass is 16.2. The van der Waals surface area contributed by atoms with Crippen LogP contribution >= 0.6 is 0 Å². The molecule has 1 aliphatic carbocycles. The van der Waals surface area contributed by atoms with Crippen molar-refractivity contribution >= 4 is 5.91 Å². The summed E-state index contributed by atoms with van der Waals surface area (Å²) >= 11 is 0. The second-order valence-corrected chi connectivity index (χ2v) is 6.16. The van der Waals surface area contributed by atoms with Crippen LogP contribution in [0.2, 0.25) is 0 Å². The molecule has 3 nitrogen and oxygen atoms in total. The first-order valence-electron chi connectivity index (χ1n) is 6.38. The van der Waals surface area contributed by atoms with E-state index in [0.29, 0.717) is 12.0 Å². The first kappa shape index (κ1) is 13.5. The average Bonchev–Trinajstić information content (AvgIpc) is 2.16. The molecule has 0 aromatic carbocycles. The zero-order chi connectivity index (χ0) is 12.3. The van der Waals surface area contributed by atoms with E-state index in [4.69, 9.17) is 5.73 Å². The molecule has 0 aromatic rings. The van der Waals surface area contributed by atoms with Gasteiger partial charge in [-0.1, -0.05) is 33.6 Å². The Morgan fingerprint density at radius 1 is 1.31 bits per heavy atom. The van der Waals surface area contributed by atoms with Crippen LogP contribution in [0.15, 0.2) is 0 Å². The van der Waals surface area contributed by atoms with Gasteiger partial charge in [-0.15, -0.1) is 0 Å². The van der Waals surface area contributed by atoms with Gasteiger partial charge in [0, 0.05) is 6.04 Å². The molecule has 1 aliphatic rings. The van der Waals surface area contributed by atoms with Gasteiger partial charge in [0.1, 0.15) is 0 Å². The highest BCUT2D eigenvalue weighted by molar-refractivity contribution is 5.81. The summed E-state index contributed by atoms with van der Waals surface area (Å²) < 4.78 is 0. The molecule has 0 aliphatic heterocycles. The van der Waals surface area contributed by atoms with Crippen LogP contribution < -0.4 is 11.1 Å². The Hall–Kier alpha value is -0.570. The van der Waals surface area contributed by atoms with Crippen molar-refractivity contribution in [2.75, 3.05) is 0 Å². The van der Waals surface area contributed by atoms with E-state index in [2.05, 4.69) is 26.1 Å². The van der Waals surface area contributed by atoms with Crippen LogP contribution in [0.5, 0.6) is 0 Å². The third kappa shape index (κ3) is 3.48. The Balaban J connectivity index is 2.64. The van der Waals surface area contributed by atoms with Gasteiger partial charge in [-0.25, -0.2) is 0 Å².